The molecule has 0 amide bonds. The van der Waals surface area contributed by atoms with Crippen LogP contribution in [0.4, 0.5) is 14.5 Å². The zero-order valence-corrected chi connectivity index (χ0v) is 12.5. The molecule has 1 aromatic rings. The van der Waals surface area contributed by atoms with Crippen molar-refractivity contribution in [2.24, 2.45) is 0 Å². The first-order valence-corrected chi connectivity index (χ1v) is 7.82. The Morgan fingerprint density at radius 1 is 1.29 bits per heavy atom. The van der Waals surface area contributed by atoms with E-state index in [-0.39, 0.29) is 24.7 Å². The fourth-order valence-electron chi connectivity index (χ4n) is 1.90. The topological polar surface area (TPSA) is 74.7 Å². The number of anilines is 1. The standard InChI is InChI=1S/C13H17F2NO4S/c1-9(2)16(8-7-12(17)18)10-5-3-4-6-11(10)21(19,20)13(14)15/h3-6,9,13H,7-8H2,1-2H3,(H,17,18). The highest BCUT2D eigenvalue weighted by Crippen LogP contribution is 2.30. The Morgan fingerprint density at radius 3 is 2.33 bits per heavy atom. The Balaban J connectivity index is 3.30. The molecule has 0 saturated heterocycles. The third-order valence-corrected chi connectivity index (χ3v) is 4.33. The number of hydrogen-bond donors (Lipinski definition) is 1. The van der Waals surface area contributed by atoms with Crippen molar-refractivity contribution < 1.29 is 27.1 Å². The van der Waals surface area contributed by atoms with Gasteiger partial charge in [-0.15, -0.1) is 0 Å². The number of carboxylic acids is 1. The van der Waals surface area contributed by atoms with Crippen LogP contribution in [0.1, 0.15) is 20.3 Å². The molecule has 0 saturated carbocycles. The predicted octanol–water partition coefficient (Wildman–Crippen LogP) is 2.37. The van der Waals surface area contributed by atoms with Gasteiger partial charge in [0.05, 0.1) is 17.0 Å². The van der Waals surface area contributed by atoms with Crippen LogP contribution in [0.15, 0.2) is 29.2 Å². The largest absolute Gasteiger partial charge is 0.481 e. The highest BCUT2D eigenvalue weighted by atomic mass is 32.2. The molecule has 118 valence electrons. The van der Waals surface area contributed by atoms with Gasteiger partial charge in [0.2, 0.25) is 9.84 Å². The lowest BCUT2D eigenvalue weighted by Gasteiger charge is -2.30. The van der Waals surface area contributed by atoms with Gasteiger partial charge in [-0.25, -0.2) is 8.42 Å². The second kappa shape index (κ2) is 6.84. The molecular weight excluding hydrogens is 304 g/mol. The molecule has 0 fully saturated rings. The molecule has 5 nitrogen and oxygen atoms in total. The number of carbonyl (C=O) groups is 1. The zero-order chi connectivity index (χ0) is 16.2. The van der Waals surface area contributed by atoms with Crippen molar-refractivity contribution in [3.8, 4) is 0 Å². The number of sulfone groups is 1. The van der Waals surface area contributed by atoms with Crippen LogP contribution in [0.2, 0.25) is 0 Å². The summed E-state index contributed by atoms with van der Waals surface area (Å²) in [6, 6.07) is 5.15. The molecule has 0 aliphatic heterocycles. The van der Waals surface area contributed by atoms with Gasteiger partial charge in [0.25, 0.3) is 0 Å². The Morgan fingerprint density at radius 2 is 1.86 bits per heavy atom. The van der Waals surface area contributed by atoms with Crippen LogP contribution in [-0.2, 0) is 14.6 Å². The minimum absolute atomic E-state index is 0.0305. The Kier molecular flexibility index (Phi) is 5.65. The van der Waals surface area contributed by atoms with Crippen LogP contribution < -0.4 is 4.90 Å². The second-order valence-electron chi connectivity index (χ2n) is 4.70. The van der Waals surface area contributed by atoms with Crippen molar-refractivity contribution in [1.82, 2.24) is 0 Å². The fourth-order valence-corrected chi connectivity index (χ4v) is 2.84. The van der Waals surface area contributed by atoms with E-state index in [1.165, 1.54) is 23.1 Å². The van der Waals surface area contributed by atoms with Crippen molar-refractivity contribution in [1.29, 1.82) is 0 Å². The number of rotatable bonds is 7. The SMILES string of the molecule is CC(C)N(CCC(=O)O)c1ccccc1S(=O)(=O)C(F)F. The molecule has 21 heavy (non-hydrogen) atoms. The third-order valence-electron chi connectivity index (χ3n) is 2.91. The van der Waals surface area contributed by atoms with Gasteiger partial charge in [-0.2, -0.15) is 8.78 Å². The van der Waals surface area contributed by atoms with E-state index in [0.717, 1.165) is 6.07 Å². The van der Waals surface area contributed by atoms with Gasteiger partial charge in [0.15, 0.2) is 0 Å². The van der Waals surface area contributed by atoms with Crippen LogP contribution in [0.25, 0.3) is 0 Å². The molecule has 0 aromatic heterocycles. The number of alkyl halides is 2. The van der Waals surface area contributed by atoms with Crippen LogP contribution in [0.3, 0.4) is 0 Å². The summed E-state index contributed by atoms with van der Waals surface area (Å²) in [7, 11) is -4.75. The molecule has 0 aliphatic carbocycles. The minimum atomic E-state index is -4.75. The van der Waals surface area contributed by atoms with Crippen LogP contribution >= 0.6 is 0 Å². The quantitative estimate of drug-likeness (QED) is 0.834. The Labute approximate surface area is 122 Å². The highest BCUT2D eigenvalue weighted by molar-refractivity contribution is 7.91. The number of halogens is 2. The van der Waals surface area contributed by atoms with E-state index >= 15 is 0 Å². The summed E-state index contributed by atoms with van der Waals surface area (Å²) >= 11 is 0. The lowest BCUT2D eigenvalue weighted by Crippen LogP contribution is -2.34. The molecule has 1 rings (SSSR count). The van der Waals surface area contributed by atoms with Crippen molar-refractivity contribution in [3.63, 3.8) is 0 Å². The Hall–Kier alpha value is -1.70. The van der Waals surface area contributed by atoms with E-state index in [0.29, 0.717) is 0 Å². The van der Waals surface area contributed by atoms with E-state index in [4.69, 9.17) is 5.11 Å². The van der Waals surface area contributed by atoms with E-state index < -0.39 is 26.5 Å². The molecular formula is C13H17F2NO4S. The van der Waals surface area contributed by atoms with E-state index in [9.17, 15) is 22.0 Å². The molecule has 8 heteroatoms. The first-order valence-electron chi connectivity index (χ1n) is 6.27. The number of para-hydroxylation sites is 1. The lowest BCUT2D eigenvalue weighted by molar-refractivity contribution is -0.136. The molecule has 0 spiro atoms. The van der Waals surface area contributed by atoms with Crippen LogP contribution in [0.5, 0.6) is 0 Å². The highest BCUT2D eigenvalue weighted by Gasteiger charge is 2.31. The molecule has 0 bridgehead atoms. The molecule has 0 heterocycles. The molecule has 1 aromatic carbocycles. The molecule has 0 radical (unpaired) electrons. The summed E-state index contributed by atoms with van der Waals surface area (Å²) < 4.78 is 49.0. The number of hydrogen-bond acceptors (Lipinski definition) is 4. The summed E-state index contributed by atoms with van der Waals surface area (Å²) in [5, 5.41) is 8.74. The number of aliphatic carboxylic acids is 1. The normalized spacial score (nSPS) is 11.9. The maximum absolute atomic E-state index is 12.8. The molecule has 0 aliphatic rings. The van der Waals surface area contributed by atoms with Gasteiger partial charge in [0.1, 0.15) is 0 Å². The van der Waals surface area contributed by atoms with Gasteiger partial charge in [-0.3, -0.25) is 4.79 Å². The summed E-state index contributed by atoms with van der Waals surface area (Å²) in [4.78, 5) is 11.7. The maximum atomic E-state index is 12.8. The molecule has 0 atom stereocenters. The summed E-state index contributed by atoms with van der Waals surface area (Å²) in [5.74, 6) is -4.57. The van der Waals surface area contributed by atoms with Gasteiger partial charge in [0, 0.05) is 12.6 Å². The number of carboxylic acid groups (broad SMARTS) is 1. The van der Waals surface area contributed by atoms with Crippen LogP contribution in [0, 0.1) is 0 Å². The Bertz CT molecular complexity index is 602. The van der Waals surface area contributed by atoms with Gasteiger partial charge in [-0.05, 0) is 26.0 Å². The number of benzene rings is 1. The van der Waals surface area contributed by atoms with E-state index in [1.807, 2.05) is 0 Å². The molecule has 0 unspecified atom stereocenters. The first kappa shape index (κ1) is 17.4. The monoisotopic (exact) mass is 321 g/mol. The fraction of sp³-hybridized carbons (Fsp3) is 0.462. The third kappa shape index (κ3) is 4.13. The molecule has 1 N–H and O–H groups in total. The average Bonchev–Trinajstić information content (AvgIpc) is 2.38. The minimum Gasteiger partial charge on any atom is -0.481 e. The van der Waals surface area contributed by atoms with Gasteiger partial charge < -0.3 is 10.0 Å². The first-order chi connectivity index (χ1) is 9.67. The van der Waals surface area contributed by atoms with Crippen molar-refractivity contribution in [2.45, 2.75) is 37.0 Å². The maximum Gasteiger partial charge on any atom is 0.341 e. The smallest absolute Gasteiger partial charge is 0.341 e. The van der Waals surface area contributed by atoms with Crippen molar-refractivity contribution >= 4 is 21.5 Å². The summed E-state index contributed by atoms with van der Waals surface area (Å²) in [6.45, 7) is 3.49. The number of nitrogens with zero attached hydrogens (tertiary/aromatic N) is 1. The summed E-state index contributed by atoms with van der Waals surface area (Å²) in [5.41, 5.74) is 0.0917. The van der Waals surface area contributed by atoms with Crippen molar-refractivity contribution in [2.75, 3.05) is 11.4 Å². The lowest BCUT2D eigenvalue weighted by atomic mass is 10.2. The van der Waals surface area contributed by atoms with Gasteiger partial charge >= 0.3 is 11.7 Å². The predicted molar refractivity (Wildman–Crippen MR) is 74.4 cm³/mol. The average molecular weight is 321 g/mol. The summed E-state index contributed by atoms with van der Waals surface area (Å²) in [6.07, 6.45) is -0.221. The van der Waals surface area contributed by atoms with Crippen LogP contribution in [-0.4, -0.2) is 37.8 Å². The van der Waals surface area contributed by atoms with Gasteiger partial charge in [-0.1, -0.05) is 12.1 Å². The van der Waals surface area contributed by atoms with Crippen molar-refractivity contribution in [3.05, 3.63) is 24.3 Å². The van der Waals surface area contributed by atoms with E-state index in [2.05, 4.69) is 0 Å². The van der Waals surface area contributed by atoms with E-state index in [1.54, 1.807) is 13.8 Å². The zero-order valence-electron chi connectivity index (χ0n) is 11.7. The second-order valence-corrected chi connectivity index (χ2v) is 6.59.